The molecule has 1 aromatic heterocycles. The van der Waals surface area contributed by atoms with Crippen LogP contribution in [0.4, 0.5) is 8.78 Å². The summed E-state index contributed by atoms with van der Waals surface area (Å²) in [5, 5.41) is 0.508. The van der Waals surface area contributed by atoms with E-state index in [4.69, 9.17) is 27.9 Å². The quantitative estimate of drug-likeness (QED) is 0.445. The third-order valence-electron chi connectivity index (χ3n) is 1.53. The third-order valence-corrected chi connectivity index (χ3v) is 3.74. The van der Waals surface area contributed by atoms with Gasteiger partial charge >= 0.3 is 0 Å². The molecule has 0 fully saturated rings. The standard InChI is InChI=1S/C8H7Cl2F2IN2O/c9-7-6(13)8(10)15-5(14-7)1-2-16-3-4(11)12/h4H,1-3H2. The molecule has 3 nitrogen and oxygen atoms in total. The minimum absolute atomic E-state index is 0.109. The van der Waals surface area contributed by atoms with Gasteiger partial charge in [0, 0.05) is 6.42 Å². The SMILES string of the molecule is FC(F)COCCc1nc(Cl)c(I)c(Cl)n1. The highest BCUT2D eigenvalue weighted by molar-refractivity contribution is 14.1. The first-order valence-electron chi connectivity index (χ1n) is 4.24. The van der Waals surface area contributed by atoms with Gasteiger partial charge in [0.25, 0.3) is 6.43 Å². The maximum atomic E-state index is 11.7. The van der Waals surface area contributed by atoms with Gasteiger partial charge in [-0.25, -0.2) is 18.7 Å². The van der Waals surface area contributed by atoms with E-state index in [-0.39, 0.29) is 16.9 Å². The number of halogens is 5. The predicted molar refractivity (Wildman–Crippen MR) is 65.3 cm³/mol. The zero-order valence-electron chi connectivity index (χ0n) is 7.89. The van der Waals surface area contributed by atoms with Gasteiger partial charge < -0.3 is 4.74 Å². The molecule has 0 radical (unpaired) electrons. The second-order valence-corrected chi connectivity index (χ2v) is 4.55. The first-order chi connectivity index (χ1) is 7.50. The maximum Gasteiger partial charge on any atom is 0.261 e. The minimum atomic E-state index is -2.47. The van der Waals surface area contributed by atoms with Crippen molar-refractivity contribution < 1.29 is 13.5 Å². The van der Waals surface area contributed by atoms with Crippen LogP contribution in [0.1, 0.15) is 5.82 Å². The first-order valence-corrected chi connectivity index (χ1v) is 6.07. The largest absolute Gasteiger partial charge is 0.375 e. The van der Waals surface area contributed by atoms with Crippen LogP contribution >= 0.6 is 45.8 Å². The topological polar surface area (TPSA) is 35.0 Å². The summed E-state index contributed by atoms with van der Waals surface area (Å²) < 4.78 is 28.7. The zero-order chi connectivity index (χ0) is 12.1. The van der Waals surface area contributed by atoms with E-state index >= 15 is 0 Å². The van der Waals surface area contributed by atoms with E-state index in [9.17, 15) is 8.78 Å². The van der Waals surface area contributed by atoms with Crippen molar-refractivity contribution >= 4 is 45.8 Å². The number of alkyl halides is 2. The van der Waals surface area contributed by atoms with Gasteiger partial charge in [0.2, 0.25) is 0 Å². The Bertz CT molecular complexity index is 345. The van der Waals surface area contributed by atoms with E-state index in [1.165, 1.54) is 0 Å². The molecule has 0 saturated carbocycles. The summed E-state index contributed by atoms with van der Waals surface area (Å²) >= 11 is 13.5. The van der Waals surface area contributed by atoms with E-state index in [1.807, 2.05) is 22.6 Å². The van der Waals surface area contributed by atoms with Crippen LogP contribution in [0, 0.1) is 3.57 Å². The summed E-state index contributed by atoms with van der Waals surface area (Å²) in [4.78, 5) is 7.89. The fourth-order valence-electron chi connectivity index (χ4n) is 0.883. The van der Waals surface area contributed by atoms with Crippen molar-refractivity contribution in [1.29, 1.82) is 0 Å². The second-order valence-electron chi connectivity index (χ2n) is 2.75. The molecule has 0 aliphatic heterocycles. The van der Waals surface area contributed by atoms with Crippen LogP contribution in [0.3, 0.4) is 0 Å². The van der Waals surface area contributed by atoms with Crippen LogP contribution in [-0.4, -0.2) is 29.6 Å². The molecule has 0 atom stereocenters. The molecule has 0 amide bonds. The van der Waals surface area contributed by atoms with Crippen molar-refractivity contribution in [3.8, 4) is 0 Å². The molecule has 1 rings (SSSR count). The van der Waals surface area contributed by atoms with Gasteiger partial charge in [0.05, 0.1) is 10.2 Å². The normalized spacial score (nSPS) is 11.1. The smallest absolute Gasteiger partial charge is 0.261 e. The molecule has 0 unspecified atom stereocenters. The van der Waals surface area contributed by atoms with Crippen molar-refractivity contribution in [1.82, 2.24) is 9.97 Å². The molecule has 0 aromatic carbocycles. The van der Waals surface area contributed by atoms with E-state index in [1.54, 1.807) is 0 Å². The summed E-state index contributed by atoms with van der Waals surface area (Å²) in [6, 6.07) is 0. The molecule has 90 valence electrons. The lowest BCUT2D eigenvalue weighted by Crippen LogP contribution is -2.09. The Balaban J connectivity index is 2.49. The highest BCUT2D eigenvalue weighted by Crippen LogP contribution is 2.22. The predicted octanol–water partition coefficient (Wildman–Crippen LogP) is 3.21. The average Bonchev–Trinajstić information content (AvgIpc) is 2.20. The highest BCUT2D eigenvalue weighted by Gasteiger charge is 2.09. The van der Waals surface area contributed by atoms with Crippen molar-refractivity contribution in [2.45, 2.75) is 12.8 Å². The van der Waals surface area contributed by atoms with Crippen LogP contribution in [0.15, 0.2) is 0 Å². The molecule has 0 spiro atoms. The fraction of sp³-hybridized carbons (Fsp3) is 0.500. The van der Waals surface area contributed by atoms with Crippen molar-refractivity contribution in [3.05, 3.63) is 19.7 Å². The summed E-state index contributed by atoms with van der Waals surface area (Å²) in [5.74, 6) is 0.379. The lowest BCUT2D eigenvalue weighted by atomic mass is 10.4. The maximum absolute atomic E-state index is 11.7. The summed E-state index contributed by atoms with van der Waals surface area (Å²) in [7, 11) is 0. The molecule has 0 N–H and O–H groups in total. The van der Waals surface area contributed by atoms with Gasteiger partial charge in [-0.3, -0.25) is 0 Å². The number of rotatable bonds is 5. The molecule has 0 bridgehead atoms. The van der Waals surface area contributed by atoms with Gasteiger partial charge in [0.1, 0.15) is 22.7 Å². The van der Waals surface area contributed by atoms with E-state index in [0.29, 0.717) is 15.8 Å². The Labute approximate surface area is 115 Å². The van der Waals surface area contributed by atoms with Crippen LogP contribution in [0.5, 0.6) is 0 Å². The molecule has 0 aliphatic rings. The zero-order valence-corrected chi connectivity index (χ0v) is 11.6. The molecular weight excluding hydrogens is 376 g/mol. The van der Waals surface area contributed by atoms with E-state index in [2.05, 4.69) is 9.97 Å². The third kappa shape index (κ3) is 4.60. The number of nitrogens with zero attached hydrogens (tertiary/aromatic N) is 2. The van der Waals surface area contributed by atoms with Crippen molar-refractivity contribution in [2.75, 3.05) is 13.2 Å². The Morgan fingerprint density at radius 3 is 2.31 bits per heavy atom. The van der Waals surface area contributed by atoms with E-state index in [0.717, 1.165) is 0 Å². The number of ether oxygens (including phenoxy) is 1. The number of hydrogen-bond acceptors (Lipinski definition) is 3. The Morgan fingerprint density at radius 1 is 1.25 bits per heavy atom. The lowest BCUT2D eigenvalue weighted by Gasteiger charge is -2.04. The summed E-state index contributed by atoms with van der Waals surface area (Å²) in [6.07, 6.45) is -2.17. The average molecular weight is 383 g/mol. The monoisotopic (exact) mass is 382 g/mol. The Hall–Kier alpha value is 0.210. The molecular formula is C8H7Cl2F2IN2O. The van der Waals surface area contributed by atoms with Gasteiger partial charge in [-0.15, -0.1) is 0 Å². The number of aromatic nitrogens is 2. The fourth-order valence-corrected chi connectivity index (χ4v) is 1.55. The molecule has 16 heavy (non-hydrogen) atoms. The van der Waals surface area contributed by atoms with Crippen molar-refractivity contribution in [2.24, 2.45) is 0 Å². The molecule has 0 aliphatic carbocycles. The lowest BCUT2D eigenvalue weighted by molar-refractivity contribution is 0.0183. The highest BCUT2D eigenvalue weighted by atomic mass is 127. The molecule has 0 saturated heterocycles. The van der Waals surface area contributed by atoms with Crippen LogP contribution in [0.2, 0.25) is 10.3 Å². The van der Waals surface area contributed by atoms with Gasteiger partial charge in [-0.2, -0.15) is 0 Å². The summed E-state index contributed by atoms with van der Waals surface area (Å²) in [6.45, 7) is -0.483. The second kappa shape index (κ2) is 6.83. The summed E-state index contributed by atoms with van der Waals surface area (Å²) in [5.41, 5.74) is 0. The van der Waals surface area contributed by atoms with Crippen LogP contribution < -0.4 is 0 Å². The van der Waals surface area contributed by atoms with Gasteiger partial charge in [-0.05, 0) is 22.6 Å². The number of hydrogen-bond donors (Lipinski definition) is 0. The first kappa shape index (κ1) is 14.3. The Kier molecular flexibility index (Phi) is 6.09. The molecule has 8 heteroatoms. The molecule has 1 aromatic rings. The van der Waals surface area contributed by atoms with Gasteiger partial charge in [0.15, 0.2) is 0 Å². The van der Waals surface area contributed by atoms with Crippen LogP contribution in [-0.2, 0) is 11.2 Å². The van der Waals surface area contributed by atoms with Crippen LogP contribution in [0.25, 0.3) is 0 Å². The van der Waals surface area contributed by atoms with Gasteiger partial charge in [-0.1, -0.05) is 23.2 Å². The van der Waals surface area contributed by atoms with Crippen molar-refractivity contribution in [3.63, 3.8) is 0 Å². The van der Waals surface area contributed by atoms with E-state index < -0.39 is 13.0 Å². The molecule has 1 heterocycles. The minimum Gasteiger partial charge on any atom is -0.375 e. The Morgan fingerprint density at radius 2 is 1.81 bits per heavy atom.